The molecule has 4 fully saturated rings. The number of carbonyl (C=O) groups excluding carboxylic acids is 1. The maximum absolute atomic E-state index is 12.9. The van der Waals surface area contributed by atoms with Gasteiger partial charge in [0.25, 0.3) is 0 Å². The molecule has 1 aliphatic carbocycles. The summed E-state index contributed by atoms with van der Waals surface area (Å²) in [5.41, 5.74) is 0. The van der Waals surface area contributed by atoms with Gasteiger partial charge < -0.3 is 15.4 Å². The minimum atomic E-state index is 0.0609. The second-order valence-electron chi connectivity index (χ2n) is 10.4. The molecule has 0 aromatic heterocycles. The van der Waals surface area contributed by atoms with E-state index in [-0.39, 0.29) is 29.7 Å². The fourth-order valence-corrected chi connectivity index (χ4v) is 6.09. The Hall–Kier alpha value is -0.480. The molecule has 1 amide bonds. The highest BCUT2D eigenvalue weighted by Gasteiger charge is 2.36. The molecule has 6 N–H and O–H groups in total. The van der Waals surface area contributed by atoms with Crippen molar-refractivity contribution in [3.05, 3.63) is 0 Å². The number of amides is 1. The van der Waals surface area contributed by atoms with Gasteiger partial charge in [0, 0.05) is 43.6 Å². The zero-order valence-corrected chi connectivity index (χ0v) is 20.4. The molecule has 0 bridgehead atoms. The molecule has 1 saturated carbocycles. The first-order valence-corrected chi connectivity index (χ1v) is 13.1. The average Bonchev–Trinajstić information content (AvgIpc) is 2.82. The SMILES string of the molecule is COC1CNCC(C2CCNC(NC3CC(C(=O)NC4CCC(Cl)CN4)CCC3C)N2)C1. The van der Waals surface area contributed by atoms with Crippen molar-refractivity contribution in [1.29, 1.82) is 0 Å². The standard InChI is InChI=1S/C23H43ClN6O2/c1-14-3-4-15(22(31)30-21-6-5-17(24)12-27-21)10-20(14)29-23-26-8-7-19(28-23)16-9-18(32-2)13-25-11-16/h14-21,23,25-29H,3-13H2,1-2H3,(H,30,31). The smallest absolute Gasteiger partial charge is 0.224 e. The number of hydrogen-bond donors (Lipinski definition) is 6. The summed E-state index contributed by atoms with van der Waals surface area (Å²) in [6.07, 6.45) is 7.49. The van der Waals surface area contributed by atoms with Crippen LogP contribution in [0.25, 0.3) is 0 Å². The minimum Gasteiger partial charge on any atom is -0.380 e. The summed E-state index contributed by atoms with van der Waals surface area (Å²) in [5, 5.41) is 21.5. The number of hydrogen-bond acceptors (Lipinski definition) is 7. The summed E-state index contributed by atoms with van der Waals surface area (Å²) in [5.74, 6) is 1.40. The monoisotopic (exact) mass is 470 g/mol. The van der Waals surface area contributed by atoms with Crippen LogP contribution < -0.4 is 31.9 Å². The molecular formula is C23H43ClN6O2. The van der Waals surface area contributed by atoms with Crippen molar-refractivity contribution in [2.75, 3.05) is 33.3 Å². The number of carbonyl (C=O) groups is 1. The van der Waals surface area contributed by atoms with Crippen LogP contribution >= 0.6 is 11.6 Å². The zero-order valence-electron chi connectivity index (χ0n) is 19.7. The molecule has 3 aliphatic heterocycles. The van der Waals surface area contributed by atoms with E-state index in [1.54, 1.807) is 0 Å². The summed E-state index contributed by atoms with van der Waals surface area (Å²) in [7, 11) is 1.81. The Morgan fingerprint density at radius 1 is 1.03 bits per heavy atom. The molecule has 8 nitrogen and oxygen atoms in total. The lowest BCUT2D eigenvalue weighted by Crippen LogP contribution is -2.66. The maximum Gasteiger partial charge on any atom is 0.224 e. The quantitative estimate of drug-likeness (QED) is 0.317. The third-order valence-corrected chi connectivity index (χ3v) is 8.42. The summed E-state index contributed by atoms with van der Waals surface area (Å²) in [4.78, 5) is 12.9. The van der Waals surface area contributed by atoms with Gasteiger partial charge in [0.15, 0.2) is 0 Å². The number of methoxy groups -OCH3 is 1. The Morgan fingerprint density at radius 3 is 2.69 bits per heavy atom. The second-order valence-corrected chi connectivity index (χ2v) is 11.0. The molecular weight excluding hydrogens is 428 g/mol. The van der Waals surface area contributed by atoms with Gasteiger partial charge in [0.1, 0.15) is 6.29 Å². The Morgan fingerprint density at radius 2 is 1.91 bits per heavy atom. The van der Waals surface area contributed by atoms with Gasteiger partial charge in [-0.1, -0.05) is 6.92 Å². The van der Waals surface area contributed by atoms with Crippen LogP contribution in [0.3, 0.4) is 0 Å². The van der Waals surface area contributed by atoms with Crippen molar-refractivity contribution in [3.63, 3.8) is 0 Å². The number of piperidine rings is 2. The van der Waals surface area contributed by atoms with E-state index in [0.29, 0.717) is 30.0 Å². The Balaban J connectivity index is 1.26. The van der Waals surface area contributed by atoms with Crippen LogP contribution in [0, 0.1) is 17.8 Å². The molecule has 9 heteroatoms. The van der Waals surface area contributed by atoms with E-state index in [9.17, 15) is 4.79 Å². The second kappa shape index (κ2) is 11.8. The Kier molecular flexibility index (Phi) is 9.07. The topological polar surface area (TPSA) is 98.5 Å². The van der Waals surface area contributed by atoms with Gasteiger partial charge in [-0.25, -0.2) is 0 Å². The number of alkyl halides is 1. The first-order chi connectivity index (χ1) is 15.5. The molecule has 32 heavy (non-hydrogen) atoms. The van der Waals surface area contributed by atoms with Gasteiger partial charge in [0.05, 0.1) is 12.3 Å². The van der Waals surface area contributed by atoms with Crippen LogP contribution in [-0.4, -0.2) is 75.2 Å². The van der Waals surface area contributed by atoms with Crippen molar-refractivity contribution in [2.24, 2.45) is 17.8 Å². The average molecular weight is 471 g/mol. The highest BCUT2D eigenvalue weighted by atomic mass is 35.5. The van der Waals surface area contributed by atoms with Crippen molar-refractivity contribution in [3.8, 4) is 0 Å². The Labute approximate surface area is 198 Å². The molecule has 0 aromatic rings. The third kappa shape index (κ3) is 6.56. The van der Waals surface area contributed by atoms with Crippen molar-refractivity contribution >= 4 is 17.5 Å². The van der Waals surface area contributed by atoms with Crippen LogP contribution in [0.2, 0.25) is 0 Å². The van der Waals surface area contributed by atoms with E-state index in [4.69, 9.17) is 16.3 Å². The summed E-state index contributed by atoms with van der Waals surface area (Å²) in [6.45, 7) is 6.07. The fraction of sp³-hybridized carbons (Fsp3) is 0.957. The summed E-state index contributed by atoms with van der Waals surface area (Å²) >= 11 is 6.16. The van der Waals surface area contributed by atoms with Gasteiger partial charge in [-0.3, -0.25) is 26.1 Å². The highest BCUT2D eigenvalue weighted by molar-refractivity contribution is 6.20. The number of nitrogens with one attached hydrogen (secondary N) is 6. The Bertz CT molecular complexity index is 605. The predicted octanol–water partition coefficient (Wildman–Crippen LogP) is 0.674. The lowest BCUT2D eigenvalue weighted by atomic mass is 9.78. The lowest BCUT2D eigenvalue weighted by molar-refractivity contribution is -0.127. The van der Waals surface area contributed by atoms with Crippen LogP contribution in [0.15, 0.2) is 0 Å². The van der Waals surface area contributed by atoms with E-state index in [0.717, 1.165) is 71.1 Å². The van der Waals surface area contributed by atoms with Crippen molar-refractivity contribution in [2.45, 2.75) is 87.9 Å². The van der Waals surface area contributed by atoms with E-state index >= 15 is 0 Å². The molecule has 4 aliphatic rings. The van der Waals surface area contributed by atoms with Crippen LogP contribution in [0.1, 0.15) is 51.9 Å². The van der Waals surface area contributed by atoms with Gasteiger partial charge in [-0.15, -0.1) is 11.6 Å². The molecule has 4 rings (SSSR count). The molecule has 184 valence electrons. The number of halogens is 1. The fourth-order valence-electron chi connectivity index (χ4n) is 5.88. The molecule has 9 unspecified atom stereocenters. The van der Waals surface area contributed by atoms with E-state index < -0.39 is 0 Å². The summed E-state index contributed by atoms with van der Waals surface area (Å²) in [6, 6.07) is 0.798. The van der Waals surface area contributed by atoms with Gasteiger partial charge >= 0.3 is 0 Å². The zero-order chi connectivity index (χ0) is 22.5. The maximum atomic E-state index is 12.9. The van der Waals surface area contributed by atoms with E-state index in [1.807, 2.05) is 7.11 Å². The minimum absolute atomic E-state index is 0.0609. The van der Waals surface area contributed by atoms with Crippen LogP contribution in [0.5, 0.6) is 0 Å². The number of rotatable bonds is 6. The molecule has 9 atom stereocenters. The van der Waals surface area contributed by atoms with Crippen molar-refractivity contribution in [1.82, 2.24) is 31.9 Å². The van der Waals surface area contributed by atoms with Gasteiger partial charge in [-0.05, 0) is 69.9 Å². The normalized spacial score (nSPS) is 43.5. The van der Waals surface area contributed by atoms with Gasteiger partial charge in [-0.2, -0.15) is 0 Å². The first-order valence-electron chi connectivity index (χ1n) is 12.7. The third-order valence-electron chi connectivity index (χ3n) is 8.05. The highest BCUT2D eigenvalue weighted by Crippen LogP contribution is 2.30. The molecule has 3 heterocycles. The summed E-state index contributed by atoms with van der Waals surface area (Å²) < 4.78 is 5.60. The van der Waals surface area contributed by atoms with Crippen LogP contribution in [0.4, 0.5) is 0 Å². The molecule has 0 spiro atoms. The largest absolute Gasteiger partial charge is 0.380 e. The molecule has 0 radical (unpaired) electrons. The molecule has 0 aromatic carbocycles. The van der Waals surface area contributed by atoms with Gasteiger partial charge in [0.2, 0.25) is 5.91 Å². The van der Waals surface area contributed by atoms with E-state index in [2.05, 4.69) is 38.8 Å². The van der Waals surface area contributed by atoms with E-state index in [1.165, 1.54) is 0 Å². The van der Waals surface area contributed by atoms with Crippen molar-refractivity contribution < 1.29 is 9.53 Å². The lowest BCUT2D eigenvalue weighted by Gasteiger charge is -2.43. The van der Waals surface area contributed by atoms with Crippen LogP contribution in [-0.2, 0) is 9.53 Å². The number of ether oxygens (including phenoxy) is 1. The predicted molar refractivity (Wildman–Crippen MR) is 127 cm³/mol. The molecule has 3 saturated heterocycles. The first kappa shape index (κ1) is 24.6.